The number of aromatic nitrogens is 3. The van der Waals surface area contributed by atoms with Gasteiger partial charge in [0.15, 0.2) is 0 Å². The van der Waals surface area contributed by atoms with Crippen LogP contribution in [0.3, 0.4) is 0 Å². The zero-order chi connectivity index (χ0) is 29.7. The van der Waals surface area contributed by atoms with Gasteiger partial charge in [-0.15, -0.1) is 10.1 Å². The molecule has 2 N–H and O–H groups in total. The summed E-state index contributed by atoms with van der Waals surface area (Å²) in [6.45, 7) is 5.48. The van der Waals surface area contributed by atoms with Crippen molar-refractivity contribution in [3.05, 3.63) is 49.9 Å². The largest absolute Gasteiger partial charge is 0.493 e. The molecule has 0 aliphatic carbocycles. The molecule has 1 saturated heterocycles. The second-order valence-electron chi connectivity index (χ2n) is 9.42. The maximum absolute atomic E-state index is 13.6. The quantitative estimate of drug-likeness (QED) is 0.136. The topological polar surface area (TPSA) is 185 Å². The van der Waals surface area contributed by atoms with Gasteiger partial charge in [0.2, 0.25) is 10.0 Å². The third-order valence-corrected chi connectivity index (χ3v) is 8.84. The molecule has 15 nitrogen and oxygen atoms in total. The van der Waals surface area contributed by atoms with Gasteiger partial charge in [0.1, 0.15) is 29.2 Å². The summed E-state index contributed by atoms with van der Waals surface area (Å²) >= 11 is 0. The third kappa shape index (κ3) is 6.18. The summed E-state index contributed by atoms with van der Waals surface area (Å²) in [6, 6.07) is 4.45. The van der Waals surface area contributed by atoms with E-state index >= 15 is 0 Å². The number of piperazine rings is 1. The standard InChI is InChI=1S/C25H33N7O8S/c1-4-6-18-20(16-26-34)29(3)23-22(18)27-24(28-25(23)33)19-15-17(7-8-21(19)39-5-2)41(37,38)31-11-9-30(10-12-31)13-14-40-32(35)36/h7-8,15-16,34H,4-6,9-14H2,1-3H3,(H,27,28,33). The molecular weight excluding hydrogens is 558 g/mol. The molecule has 0 atom stereocenters. The first-order valence-corrected chi connectivity index (χ1v) is 14.6. The van der Waals surface area contributed by atoms with Crippen LogP contribution in [0.4, 0.5) is 0 Å². The summed E-state index contributed by atoms with van der Waals surface area (Å²) in [4.78, 5) is 37.4. The SMILES string of the molecule is CCCc1c(C=NO)n(C)c2c(=O)[nH]c(-c3cc(S(=O)(=O)N4CCN(CCO[N+](=O)[O-])CC4)ccc3OCC)nc12. The average molecular weight is 592 g/mol. The molecule has 1 aromatic carbocycles. The van der Waals surface area contributed by atoms with Crippen molar-refractivity contribution >= 4 is 27.3 Å². The van der Waals surface area contributed by atoms with Crippen molar-refractivity contribution in [2.75, 3.05) is 45.9 Å². The van der Waals surface area contributed by atoms with E-state index in [1.807, 2.05) is 11.8 Å². The van der Waals surface area contributed by atoms with Gasteiger partial charge < -0.3 is 24.3 Å². The molecule has 41 heavy (non-hydrogen) atoms. The van der Waals surface area contributed by atoms with Gasteiger partial charge in [0.05, 0.1) is 29.0 Å². The Kier molecular flexibility index (Phi) is 9.25. The maximum atomic E-state index is 13.6. The second-order valence-corrected chi connectivity index (χ2v) is 11.4. The summed E-state index contributed by atoms with van der Waals surface area (Å²) in [5, 5.41) is 21.9. The Bertz CT molecular complexity index is 1610. The second kappa shape index (κ2) is 12.7. The molecule has 1 fully saturated rings. The molecule has 0 saturated carbocycles. The Morgan fingerprint density at radius 3 is 2.61 bits per heavy atom. The molecule has 0 amide bonds. The first-order chi connectivity index (χ1) is 19.6. The Balaban J connectivity index is 1.72. The van der Waals surface area contributed by atoms with Crippen molar-refractivity contribution < 1.29 is 28.3 Å². The number of ether oxygens (including phenoxy) is 1. The molecule has 0 spiro atoms. The van der Waals surface area contributed by atoms with Crippen molar-refractivity contribution in [3.8, 4) is 17.1 Å². The van der Waals surface area contributed by atoms with Crippen LogP contribution in [0.15, 0.2) is 33.0 Å². The first kappa shape index (κ1) is 30.0. The number of rotatable bonds is 12. The highest BCUT2D eigenvalue weighted by atomic mass is 32.2. The van der Waals surface area contributed by atoms with E-state index in [0.29, 0.717) is 60.7 Å². The fourth-order valence-electron chi connectivity index (χ4n) is 5.00. The Morgan fingerprint density at radius 1 is 1.24 bits per heavy atom. The van der Waals surface area contributed by atoms with Gasteiger partial charge in [0, 0.05) is 45.3 Å². The minimum Gasteiger partial charge on any atom is -0.493 e. The van der Waals surface area contributed by atoms with Crippen molar-refractivity contribution in [2.45, 2.75) is 31.6 Å². The number of hydrogen-bond donors (Lipinski definition) is 2. The number of aromatic amines is 1. The minimum atomic E-state index is -3.92. The fraction of sp³-hybridized carbons (Fsp3) is 0.480. The van der Waals surface area contributed by atoms with Crippen molar-refractivity contribution in [2.24, 2.45) is 12.2 Å². The number of fused-ring (bicyclic) bond motifs is 1. The molecule has 16 heteroatoms. The molecular formula is C25H33N7O8S. The lowest BCUT2D eigenvalue weighted by atomic mass is 10.1. The van der Waals surface area contributed by atoms with Crippen LogP contribution in [-0.2, 0) is 28.3 Å². The van der Waals surface area contributed by atoms with Gasteiger partial charge in [-0.3, -0.25) is 9.69 Å². The summed E-state index contributed by atoms with van der Waals surface area (Å²) in [6.07, 6.45) is 2.59. The van der Waals surface area contributed by atoms with E-state index in [4.69, 9.17) is 9.72 Å². The molecule has 0 radical (unpaired) electrons. The summed E-state index contributed by atoms with van der Waals surface area (Å²) in [5.41, 5.74) is 1.89. The van der Waals surface area contributed by atoms with Gasteiger partial charge in [0.25, 0.3) is 10.6 Å². The van der Waals surface area contributed by atoms with Crippen LogP contribution in [0.1, 0.15) is 31.5 Å². The molecule has 1 aliphatic heterocycles. The Hall–Kier alpha value is -4.02. The highest BCUT2D eigenvalue weighted by Crippen LogP contribution is 2.33. The monoisotopic (exact) mass is 591 g/mol. The highest BCUT2D eigenvalue weighted by Gasteiger charge is 2.30. The fourth-order valence-corrected chi connectivity index (χ4v) is 6.45. The summed E-state index contributed by atoms with van der Waals surface area (Å²) in [7, 11) is -2.23. The van der Waals surface area contributed by atoms with Gasteiger partial charge >= 0.3 is 0 Å². The molecule has 4 rings (SSSR count). The number of hydrogen-bond acceptors (Lipinski definition) is 11. The lowest BCUT2D eigenvalue weighted by Gasteiger charge is -2.33. The van der Waals surface area contributed by atoms with Gasteiger partial charge in [-0.25, -0.2) is 13.4 Å². The molecule has 3 heterocycles. The number of sulfonamides is 1. The zero-order valence-corrected chi connectivity index (χ0v) is 23.9. The minimum absolute atomic E-state index is 0.0128. The predicted molar refractivity (Wildman–Crippen MR) is 149 cm³/mol. The lowest BCUT2D eigenvalue weighted by molar-refractivity contribution is -0.757. The van der Waals surface area contributed by atoms with Crippen molar-refractivity contribution in [1.29, 1.82) is 0 Å². The van der Waals surface area contributed by atoms with E-state index < -0.39 is 20.7 Å². The summed E-state index contributed by atoms with van der Waals surface area (Å²) in [5.74, 6) is 0.503. The van der Waals surface area contributed by atoms with Gasteiger partial charge in [-0.05, 0) is 31.5 Å². The summed E-state index contributed by atoms with van der Waals surface area (Å²) < 4.78 is 36.0. The van der Waals surface area contributed by atoms with Crippen LogP contribution < -0.4 is 10.3 Å². The van der Waals surface area contributed by atoms with Crippen LogP contribution in [0.25, 0.3) is 22.4 Å². The smallest absolute Gasteiger partial charge is 0.294 e. The lowest BCUT2D eigenvalue weighted by Crippen LogP contribution is -2.49. The van der Waals surface area contributed by atoms with Crippen LogP contribution in [-0.4, -0.2) is 94.6 Å². The van der Waals surface area contributed by atoms with E-state index in [1.165, 1.54) is 22.7 Å². The Labute approximate surface area is 236 Å². The number of oxime groups is 1. The van der Waals surface area contributed by atoms with Crippen LogP contribution in [0.5, 0.6) is 5.75 Å². The van der Waals surface area contributed by atoms with Crippen LogP contribution in [0, 0.1) is 10.1 Å². The molecule has 0 bridgehead atoms. The van der Waals surface area contributed by atoms with Crippen molar-refractivity contribution in [1.82, 2.24) is 23.7 Å². The van der Waals surface area contributed by atoms with E-state index in [1.54, 1.807) is 24.6 Å². The molecule has 1 aliphatic rings. The van der Waals surface area contributed by atoms with Crippen LogP contribution in [0.2, 0.25) is 0 Å². The third-order valence-electron chi connectivity index (χ3n) is 6.95. The van der Waals surface area contributed by atoms with E-state index in [-0.39, 0.29) is 30.4 Å². The zero-order valence-electron chi connectivity index (χ0n) is 23.1. The number of benzene rings is 1. The van der Waals surface area contributed by atoms with E-state index in [2.05, 4.69) is 15.0 Å². The van der Waals surface area contributed by atoms with E-state index in [0.717, 1.165) is 12.0 Å². The number of H-pyrrole nitrogens is 1. The number of nitrogens with one attached hydrogen (secondary N) is 1. The predicted octanol–water partition coefficient (Wildman–Crippen LogP) is 1.60. The average Bonchev–Trinajstić information content (AvgIpc) is 3.20. The maximum Gasteiger partial charge on any atom is 0.294 e. The molecule has 222 valence electrons. The molecule has 0 unspecified atom stereocenters. The molecule has 2 aromatic heterocycles. The molecule has 3 aromatic rings. The Morgan fingerprint density at radius 2 is 1.98 bits per heavy atom. The normalized spacial score (nSPS) is 15.1. The van der Waals surface area contributed by atoms with Crippen molar-refractivity contribution in [3.63, 3.8) is 0 Å². The van der Waals surface area contributed by atoms with Crippen LogP contribution >= 0.6 is 0 Å². The van der Waals surface area contributed by atoms with E-state index in [9.17, 15) is 28.5 Å². The number of nitrogens with zero attached hydrogens (tertiary/aromatic N) is 6. The first-order valence-electron chi connectivity index (χ1n) is 13.2. The highest BCUT2D eigenvalue weighted by molar-refractivity contribution is 7.89. The number of aryl methyl sites for hydroxylation is 2. The van der Waals surface area contributed by atoms with Gasteiger partial charge in [-0.2, -0.15) is 4.31 Å². The van der Waals surface area contributed by atoms with Gasteiger partial charge in [-0.1, -0.05) is 18.5 Å².